The molecule has 1 fully saturated rings. The number of allylic oxidation sites excluding steroid dienone is 8. The first-order valence-corrected chi connectivity index (χ1v) is 21.5. The lowest BCUT2D eigenvalue weighted by molar-refractivity contribution is 0.132. The molecule has 12 rings (SSSR count). The summed E-state index contributed by atoms with van der Waals surface area (Å²) in [4.78, 5) is 2.39. The van der Waals surface area contributed by atoms with Gasteiger partial charge in [-0.25, -0.2) is 0 Å². The average Bonchev–Trinajstić information content (AvgIpc) is 3.57. The van der Waals surface area contributed by atoms with Crippen molar-refractivity contribution in [3.05, 3.63) is 227 Å². The molecular weight excluding hydrogens is 699 g/mol. The number of nitrogens with zero attached hydrogens (tertiary/aromatic N) is 1. The lowest BCUT2D eigenvalue weighted by Crippen LogP contribution is -2.47. The first kappa shape index (κ1) is 35.0. The second-order valence-electron chi connectivity index (χ2n) is 17.0. The molecule has 282 valence electrons. The van der Waals surface area contributed by atoms with E-state index in [2.05, 4.69) is 219 Å². The second kappa shape index (κ2) is 14.0. The van der Waals surface area contributed by atoms with E-state index >= 15 is 0 Å². The van der Waals surface area contributed by atoms with E-state index in [0.29, 0.717) is 35.5 Å². The largest absolute Gasteiger partial charge is 0.310 e. The Bertz CT molecular complexity index is 2630. The standard InChI is InChI=1S/C57H49N/c1-3-57(4-2)53-35-39(27-32-45(53)46-34-31-44(37-54(46)57)58(42-15-7-5-8-16-42)43-17-9-6-10-18-43)24-23-38-25-28-40(29-26-38)41-30-33-51-52(36-41)56-49-21-13-11-19-47(49)55(51)48-20-12-14-22-50(48)56/h5-37,47,49,51-52,55-56H,3-4H2,1-2H3/b24-23+. The van der Waals surface area contributed by atoms with Crippen molar-refractivity contribution in [3.8, 4) is 11.1 Å². The number of fused-ring (bicyclic) bond motifs is 3. The minimum Gasteiger partial charge on any atom is -0.310 e. The van der Waals surface area contributed by atoms with Crippen LogP contribution in [0.5, 0.6) is 0 Å². The number of rotatable bonds is 8. The third-order valence-corrected chi connectivity index (χ3v) is 14.5. The van der Waals surface area contributed by atoms with Crippen LogP contribution in [-0.2, 0) is 5.41 Å². The van der Waals surface area contributed by atoms with Gasteiger partial charge in [-0.3, -0.25) is 0 Å². The summed E-state index contributed by atoms with van der Waals surface area (Å²) in [6.07, 6.45) is 23.8. The van der Waals surface area contributed by atoms with Gasteiger partial charge in [0.1, 0.15) is 0 Å². The fraction of sp³-hybridized carbons (Fsp3) is 0.193. The molecule has 0 spiro atoms. The Kier molecular flexibility index (Phi) is 8.47. The minimum atomic E-state index is -0.0454. The van der Waals surface area contributed by atoms with Gasteiger partial charge in [-0.05, 0) is 140 Å². The van der Waals surface area contributed by atoms with E-state index < -0.39 is 0 Å². The fourth-order valence-corrected chi connectivity index (χ4v) is 11.8. The molecule has 6 unspecified atom stereocenters. The molecule has 1 saturated carbocycles. The molecule has 6 aliphatic carbocycles. The number of hydrogen-bond acceptors (Lipinski definition) is 1. The van der Waals surface area contributed by atoms with Crippen molar-refractivity contribution in [2.24, 2.45) is 23.7 Å². The van der Waals surface area contributed by atoms with Crippen LogP contribution in [0.3, 0.4) is 0 Å². The molecular formula is C57H49N. The Morgan fingerprint density at radius 2 is 1.03 bits per heavy atom. The highest BCUT2D eigenvalue weighted by Crippen LogP contribution is 2.64. The average molecular weight is 748 g/mol. The zero-order chi connectivity index (χ0) is 38.8. The van der Waals surface area contributed by atoms with Gasteiger partial charge >= 0.3 is 0 Å². The fourth-order valence-electron chi connectivity index (χ4n) is 11.8. The van der Waals surface area contributed by atoms with Crippen LogP contribution < -0.4 is 4.90 Å². The molecule has 0 radical (unpaired) electrons. The summed E-state index contributed by atoms with van der Waals surface area (Å²) >= 11 is 0. The van der Waals surface area contributed by atoms with Crippen LogP contribution in [-0.4, -0.2) is 0 Å². The Morgan fingerprint density at radius 1 is 0.500 bits per heavy atom. The number of benzene rings is 6. The van der Waals surface area contributed by atoms with Crippen LogP contribution in [0.2, 0.25) is 0 Å². The summed E-state index contributed by atoms with van der Waals surface area (Å²) in [5.74, 6) is 3.34. The summed E-state index contributed by atoms with van der Waals surface area (Å²) in [7, 11) is 0. The third-order valence-electron chi connectivity index (χ3n) is 14.5. The van der Waals surface area contributed by atoms with E-state index in [9.17, 15) is 0 Å². The molecule has 0 amide bonds. The van der Waals surface area contributed by atoms with Crippen molar-refractivity contribution >= 4 is 34.8 Å². The maximum Gasteiger partial charge on any atom is 0.0465 e. The van der Waals surface area contributed by atoms with Gasteiger partial charge in [-0.2, -0.15) is 0 Å². The zero-order valence-electron chi connectivity index (χ0n) is 33.4. The predicted molar refractivity (Wildman–Crippen MR) is 245 cm³/mol. The number of hydrogen-bond donors (Lipinski definition) is 0. The third kappa shape index (κ3) is 5.43. The van der Waals surface area contributed by atoms with Crippen LogP contribution in [0.4, 0.5) is 17.1 Å². The van der Waals surface area contributed by atoms with Gasteiger partial charge in [0.2, 0.25) is 0 Å². The van der Waals surface area contributed by atoms with Gasteiger partial charge in [0.05, 0.1) is 0 Å². The smallest absolute Gasteiger partial charge is 0.0465 e. The molecule has 6 aromatic carbocycles. The predicted octanol–water partition coefficient (Wildman–Crippen LogP) is 14.9. The summed E-state index contributed by atoms with van der Waals surface area (Å²) in [5.41, 5.74) is 17.4. The summed E-state index contributed by atoms with van der Waals surface area (Å²) in [5, 5.41) is 0. The Labute approximate surface area is 344 Å². The van der Waals surface area contributed by atoms with Crippen molar-refractivity contribution < 1.29 is 0 Å². The molecule has 6 atom stereocenters. The first-order chi connectivity index (χ1) is 28.6. The first-order valence-electron chi connectivity index (χ1n) is 21.5. The van der Waals surface area contributed by atoms with Crippen molar-refractivity contribution in [3.63, 3.8) is 0 Å². The molecule has 1 nitrogen and oxygen atoms in total. The van der Waals surface area contributed by atoms with Gasteiger partial charge in [-0.15, -0.1) is 0 Å². The normalized spacial score (nSPS) is 23.8. The quantitative estimate of drug-likeness (QED) is 0.140. The summed E-state index contributed by atoms with van der Waals surface area (Å²) < 4.78 is 0. The van der Waals surface area contributed by atoms with Crippen molar-refractivity contribution in [2.45, 2.75) is 43.9 Å². The molecule has 0 heterocycles. The second-order valence-corrected chi connectivity index (χ2v) is 17.0. The Hall–Kier alpha value is -6.18. The van der Waals surface area contributed by atoms with E-state index in [4.69, 9.17) is 0 Å². The highest BCUT2D eigenvalue weighted by Gasteiger charge is 2.54. The molecule has 6 aliphatic rings. The lowest BCUT2D eigenvalue weighted by Gasteiger charge is -2.56. The van der Waals surface area contributed by atoms with E-state index in [1.807, 2.05) is 0 Å². The van der Waals surface area contributed by atoms with Gasteiger partial charge in [0.15, 0.2) is 0 Å². The van der Waals surface area contributed by atoms with Crippen molar-refractivity contribution in [1.82, 2.24) is 0 Å². The van der Waals surface area contributed by atoms with E-state index in [0.717, 1.165) is 12.8 Å². The molecule has 2 bridgehead atoms. The molecule has 58 heavy (non-hydrogen) atoms. The van der Waals surface area contributed by atoms with Gasteiger partial charge < -0.3 is 4.90 Å². The van der Waals surface area contributed by atoms with E-state index in [-0.39, 0.29) is 5.41 Å². The van der Waals surface area contributed by atoms with Crippen LogP contribution in [0, 0.1) is 23.7 Å². The Balaban J connectivity index is 0.866. The molecule has 1 heteroatoms. The maximum atomic E-state index is 2.62. The molecule has 0 N–H and O–H groups in total. The van der Waals surface area contributed by atoms with Crippen molar-refractivity contribution in [2.75, 3.05) is 4.90 Å². The van der Waals surface area contributed by atoms with Crippen LogP contribution in [0.25, 0.3) is 28.9 Å². The monoisotopic (exact) mass is 747 g/mol. The van der Waals surface area contributed by atoms with Gasteiger partial charge in [-0.1, -0.05) is 178 Å². The number of anilines is 3. The summed E-state index contributed by atoms with van der Waals surface area (Å²) in [6, 6.07) is 54.3. The minimum absolute atomic E-state index is 0.0454. The van der Waals surface area contributed by atoms with Crippen LogP contribution in [0.1, 0.15) is 77.5 Å². The highest BCUT2D eigenvalue weighted by atomic mass is 15.1. The van der Waals surface area contributed by atoms with Gasteiger partial charge in [0, 0.05) is 22.5 Å². The highest BCUT2D eigenvalue weighted by molar-refractivity contribution is 5.87. The van der Waals surface area contributed by atoms with E-state index in [1.54, 1.807) is 11.1 Å². The van der Waals surface area contributed by atoms with Crippen LogP contribution in [0.15, 0.2) is 188 Å². The lowest BCUT2D eigenvalue weighted by atomic mass is 9.47. The Morgan fingerprint density at radius 3 is 1.67 bits per heavy atom. The van der Waals surface area contributed by atoms with E-state index in [1.165, 1.54) is 61.6 Å². The summed E-state index contributed by atoms with van der Waals surface area (Å²) in [6.45, 7) is 4.72. The topological polar surface area (TPSA) is 3.24 Å². The SMILES string of the molecule is CCC1(CC)c2cc(/C=C/c3ccc(C4=CC5C(C=C4)C4c6ccccc6C5C5C=CC=CC54)cc3)ccc2-c2ccc(N(c3ccccc3)c3ccccc3)cc21. The van der Waals surface area contributed by atoms with Crippen LogP contribution >= 0.6 is 0 Å². The number of para-hydroxylation sites is 2. The van der Waals surface area contributed by atoms with Gasteiger partial charge in [0.25, 0.3) is 0 Å². The molecule has 0 saturated heterocycles. The zero-order valence-corrected chi connectivity index (χ0v) is 33.4. The molecule has 0 aliphatic heterocycles. The maximum absolute atomic E-state index is 2.62. The molecule has 6 aromatic rings. The molecule has 0 aromatic heterocycles. The van der Waals surface area contributed by atoms with Crippen molar-refractivity contribution in [1.29, 1.82) is 0 Å².